The van der Waals surface area contributed by atoms with Crippen LogP contribution in [0.1, 0.15) is 36.0 Å². The molecule has 0 bridgehead atoms. The van der Waals surface area contributed by atoms with Gasteiger partial charge >= 0.3 is 0 Å². The van der Waals surface area contributed by atoms with E-state index in [9.17, 15) is 8.78 Å². The summed E-state index contributed by atoms with van der Waals surface area (Å²) in [5.74, 6) is -0.810. The zero-order valence-electron chi connectivity index (χ0n) is 15.2. The molecule has 0 unspecified atom stereocenters. The molecule has 3 heterocycles. The van der Waals surface area contributed by atoms with Crippen molar-refractivity contribution in [3.8, 4) is 11.5 Å². The minimum Gasteiger partial charge on any atom is -0.370 e. The fourth-order valence-corrected chi connectivity index (χ4v) is 3.54. The number of anilines is 1. The largest absolute Gasteiger partial charge is 0.370 e. The first-order valence-corrected chi connectivity index (χ1v) is 8.99. The van der Waals surface area contributed by atoms with E-state index in [0.29, 0.717) is 11.4 Å². The second-order valence-electron chi connectivity index (χ2n) is 6.91. The molecule has 3 aromatic rings. The van der Waals surface area contributed by atoms with Crippen molar-refractivity contribution in [2.45, 2.75) is 32.6 Å². The van der Waals surface area contributed by atoms with Crippen molar-refractivity contribution < 1.29 is 13.3 Å². The van der Waals surface area contributed by atoms with E-state index in [1.165, 1.54) is 6.07 Å². The number of rotatable bonds is 3. The zero-order valence-corrected chi connectivity index (χ0v) is 15.2. The van der Waals surface area contributed by atoms with Crippen LogP contribution < -0.4 is 4.90 Å². The highest BCUT2D eigenvalue weighted by Gasteiger charge is 2.26. The fourth-order valence-electron chi connectivity index (χ4n) is 3.54. The summed E-state index contributed by atoms with van der Waals surface area (Å²) in [6.45, 7) is 5.78. The summed E-state index contributed by atoms with van der Waals surface area (Å²) in [6.07, 6.45) is 1.79. The predicted molar refractivity (Wildman–Crippen MR) is 97.5 cm³/mol. The number of nitrogens with zero attached hydrogens (tertiary/aromatic N) is 4. The molecule has 27 heavy (non-hydrogen) atoms. The molecule has 0 N–H and O–H groups in total. The number of benzene rings is 1. The second kappa shape index (κ2) is 7.06. The molecular weight excluding hydrogens is 350 g/mol. The van der Waals surface area contributed by atoms with Gasteiger partial charge in [-0.05, 0) is 57.0 Å². The lowest BCUT2D eigenvalue weighted by Crippen LogP contribution is -2.33. The smallest absolute Gasteiger partial charge is 0.258 e. The Morgan fingerprint density at radius 1 is 1.00 bits per heavy atom. The third kappa shape index (κ3) is 3.54. The lowest BCUT2D eigenvalue weighted by molar-refractivity contribution is 0.401. The quantitative estimate of drug-likeness (QED) is 0.683. The van der Waals surface area contributed by atoms with Crippen molar-refractivity contribution in [3.05, 3.63) is 59.2 Å². The minimum absolute atomic E-state index is 0.183. The van der Waals surface area contributed by atoms with Gasteiger partial charge in [0.2, 0.25) is 0 Å². The highest BCUT2D eigenvalue weighted by Crippen LogP contribution is 2.31. The van der Waals surface area contributed by atoms with E-state index >= 15 is 0 Å². The number of aryl methyl sites for hydroxylation is 2. The Bertz CT molecular complexity index is 964. The molecular formula is C20H20F2N4O. The van der Waals surface area contributed by atoms with Crippen LogP contribution in [0, 0.1) is 25.5 Å². The van der Waals surface area contributed by atoms with Gasteiger partial charge in [-0.3, -0.25) is 4.98 Å². The van der Waals surface area contributed by atoms with Gasteiger partial charge in [-0.15, -0.1) is 0 Å². The molecule has 1 aliphatic heterocycles. The van der Waals surface area contributed by atoms with E-state index in [4.69, 9.17) is 4.52 Å². The molecule has 1 aromatic carbocycles. The first-order chi connectivity index (χ1) is 13.0. The van der Waals surface area contributed by atoms with Crippen LogP contribution in [0.4, 0.5) is 14.5 Å². The van der Waals surface area contributed by atoms with Gasteiger partial charge in [0.05, 0.1) is 11.4 Å². The highest BCUT2D eigenvalue weighted by molar-refractivity contribution is 5.53. The molecule has 0 saturated carbocycles. The van der Waals surface area contributed by atoms with Crippen molar-refractivity contribution in [3.63, 3.8) is 0 Å². The molecule has 1 saturated heterocycles. The molecule has 2 aromatic heterocycles. The van der Waals surface area contributed by atoms with Crippen molar-refractivity contribution in [2.24, 2.45) is 0 Å². The fraction of sp³-hybridized carbons (Fsp3) is 0.350. The van der Waals surface area contributed by atoms with Gasteiger partial charge in [0.15, 0.2) is 17.5 Å². The van der Waals surface area contributed by atoms with Crippen LogP contribution in [0.5, 0.6) is 0 Å². The van der Waals surface area contributed by atoms with Crippen LogP contribution in [0.2, 0.25) is 0 Å². The molecule has 1 fully saturated rings. The van der Waals surface area contributed by atoms with Gasteiger partial charge in [0.25, 0.3) is 5.89 Å². The monoisotopic (exact) mass is 370 g/mol. The van der Waals surface area contributed by atoms with Crippen molar-refractivity contribution in [2.75, 3.05) is 18.0 Å². The van der Waals surface area contributed by atoms with Crippen molar-refractivity contribution in [1.29, 1.82) is 0 Å². The lowest BCUT2D eigenvalue weighted by atomic mass is 9.95. The summed E-state index contributed by atoms with van der Waals surface area (Å²) in [5, 5.41) is 4.06. The van der Waals surface area contributed by atoms with Crippen LogP contribution in [0.25, 0.3) is 11.5 Å². The Morgan fingerprint density at radius 3 is 2.48 bits per heavy atom. The molecule has 7 heteroatoms. The summed E-state index contributed by atoms with van der Waals surface area (Å²) in [7, 11) is 0. The Hall–Kier alpha value is -2.83. The Morgan fingerprint density at radius 2 is 1.78 bits per heavy atom. The maximum Gasteiger partial charge on any atom is 0.258 e. The minimum atomic E-state index is -0.928. The van der Waals surface area contributed by atoms with Crippen LogP contribution in [0.3, 0.4) is 0 Å². The van der Waals surface area contributed by atoms with Gasteiger partial charge in [0, 0.05) is 30.3 Å². The SMILES string of the molecule is Cc1ccc(N2CCC(c3noc(-c4ccc(F)c(F)c4)n3)CC2)c(C)n1. The average molecular weight is 370 g/mol. The summed E-state index contributed by atoms with van der Waals surface area (Å²) in [6, 6.07) is 7.72. The summed E-state index contributed by atoms with van der Waals surface area (Å²) >= 11 is 0. The number of hydrogen-bond donors (Lipinski definition) is 0. The topological polar surface area (TPSA) is 55.1 Å². The maximum absolute atomic E-state index is 13.4. The first-order valence-electron chi connectivity index (χ1n) is 8.99. The van der Waals surface area contributed by atoms with Gasteiger partial charge in [-0.2, -0.15) is 4.98 Å². The van der Waals surface area contributed by atoms with E-state index in [1.807, 2.05) is 19.9 Å². The van der Waals surface area contributed by atoms with Crippen molar-refractivity contribution >= 4 is 5.69 Å². The molecule has 0 spiro atoms. The normalized spacial score (nSPS) is 15.3. The molecule has 140 valence electrons. The summed E-state index contributed by atoms with van der Waals surface area (Å²) in [4.78, 5) is 11.3. The third-order valence-electron chi connectivity index (χ3n) is 5.01. The number of halogens is 2. The molecule has 4 rings (SSSR count). The molecule has 1 aliphatic rings. The van der Waals surface area contributed by atoms with Gasteiger partial charge < -0.3 is 9.42 Å². The lowest BCUT2D eigenvalue weighted by Gasteiger charge is -2.33. The third-order valence-corrected chi connectivity index (χ3v) is 5.01. The first kappa shape index (κ1) is 17.6. The second-order valence-corrected chi connectivity index (χ2v) is 6.91. The number of hydrogen-bond acceptors (Lipinski definition) is 5. The van der Waals surface area contributed by atoms with E-state index in [0.717, 1.165) is 55.1 Å². The molecule has 0 radical (unpaired) electrons. The van der Waals surface area contributed by atoms with Gasteiger partial charge in [-0.1, -0.05) is 5.16 Å². The van der Waals surface area contributed by atoms with E-state index in [-0.39, 0.29) is 11.8 Å². The number of pyridine rings is 1. The molecule has 0 atom stereocenters. The van der Waals surface area contributed by atoms with E-state index in [1.54, 1.807) is 0 Å². The van der Waals surface area contributed by atoms with Crippen molar-refractivity contribution in [1.82, 2.24) is 15.1 Å². The van der Waals surface area contributed by atoms with Gasteiger partial charge in [-0.25, -0.2) is 8.78 Å². The molecule has 0 aliphatic carbocycles. The maximum atomic E-state index is 13.4. The predicted octanol–water partition coefficient (Wildman–Crippen LogP) is 4.41. The van der Waals surface area contributed by atoms with Crippen LogP contribution in [-0.2, 0) is 0 Å². The number of piperidine rings is 1. The Kier molecular flexibility index (Phi) is 4.59. The molecule has 0 amide bonds. The van der Waals surface area contributed by atoms with Crippen LogP contribution in [-0.4, -0.2) is 28.2 Å². The summed E-state index contributed by atoms with van der Waals surface area (Å²) in [5.41, 5.74) is 3.59. The van der Waals surface area contributed by atoms with E-state index < -0.39 is 11.6 Å². The highest BCUT2D eigenvalue weighted by atomic mass is 19.2. The summed E-state index contributed by atoms with van der Waals surface area (Å²) < 4.78 is 31.8. The average Bonchev–Trinajstić information content (AvgIpc) is 3.14. The van der Waals surface area contributed by atoms with Crippen LogP contribution in [0.15, 0.2) is 34.9 Å². The molecule has 5 nitrogen and oxygen atoms in total. The van der Waals surface area contributed by atoms with Gasteiger partial charge in [0.1, 0.15) is 0 Å². The number of aromatic nitrogens is 3. The Labute approximate surface area is 156 Å². The van der Waals surface area contributed by atoms with E-state index in [2.05, 4.69) is 26.1 Å². The standard InChI is InChI=1S/C20H20F2N4O/c1-12-3-6-18(13(2)23-12)26-9-7-14(8-10-26)19-24-20(27-25-19)15-4-5-16(21)17(22)11-15/h3-6,11,14H,7-10H2,1-2H3. The Balaban J connectivity index is 1.45. The zero-order chi connectivity index (χ0) is 19.0. The van der Waals surface area contributed by atoms with Crippen LogP contribution >= 0.6 is 0 Å².